The topological polar surface area (TPSA) is 89.5 Å². The first-order chi connectivity index (χ1) is 13.8. The molecule has 3 atom stereocenters. The van der Waals surface area contributed by atoms with Crippen molar-refractivity contribution in [3.63, 3.8) is 0 Å². The van der Waals surface area contributed by atoms with Gasteiger partial charge in [0.15, 0.2) is 0 Å². The van der Waals surface area contributed by atoms with Crippen LogP contribution < -0.4 is 10.4 Å². The van der Waals surface area contributed by atoms with E-state index in [9.17, 15) is 19.5 Å². The summed E-state index contributed by atoms with van der Waals surface area (Å²) in [7, 11) is 0. The van der Waals surface area contributed by atoms with Crippen LogP contribution in [0.5, 0.6) is 0 Å². The number of thioether (sulfide) groups is 1. The van der Waals surface area contributed by atoms with Crippen molar-refractivity contribution in [3.8, 4) is 0 Å². The van der Waals surface area contributed by atoms with Crippen LogP contribution >= 0.6 is 11.8 Å². The Morgan fingerprint density at radius 2 is 1.79 bits per heavy atom. The summed E-state index contributed by atoms with van der Waals surface area (Å²) in [5.74, 6) is -2.02. The van der Waals surface area contributed by atoms with Gasteiger partial charge < -0.3 is 20.1 Å². The first-order valence-electron chi connectivity index (χ1n) is 9.44. The molecule has 29 heavy (non-hydrogen) atoms. The maximum absolute atomic E-state index is 13.2. The number of carbonyl (C=O) groups excluding carboxylic acids is 3. The standard InChI is InChI=1S/C22H22N2O4S/c1-22(2)17(24-19(26)14-10-6-7-11-15(14)20(24)29-22)18(25)23-16(21(27)28)12-13-8-4-3-5-9-13/h3-11,16-17,20H,12H2,1-2H3,(H,23,25)(H,27,28)/p-1/t16-,17+,20-/m0/s1. The number of benzene rings is 2. The van der Waals surface area contributed by atoms with Gasteiger partial charge in [-0.1, -0.05) is 48.5 Å². The summed E-state index contributed by atoms with van der Waals surface area (Å²) in [6.45, 7) is 3.81. The van der Waals surface area contributed by atoms with Crippen molar-refractivity contribution >= 4 is 29.5 Å². The Hall–Kier alpha value is -2.80. The summed E-state index contributed by atoms with van der Waals surface area (Å²) >= 11 is 1.54. The number of carbonyl (C=O) groups is 3. The minimum absolute atomic E-state index is 0.118. The maximum Gasteiger partial charge on any atom is 0.256 e. The Bertz CT molecular complexity index is 976. The first kappa shape index (κ1) is 19.5. The molecule has 2 aliphatic rings. The molecule has 4 rings (SSSR count). The third-order valence-electron chi connectivity index (χ3n) is 5.43. The fraction of sp³-hybridized carbons (Fsp3) is 0.318. The quantitative estimate of drug-likeness (QED) is 0.809. The second kappa shape index (κ2) is 7.22. The van der Waals surface area contributed by atoms with E-state index in [1.807, 2.05) is 44.2 Å². The monoisotopic (exact) mass is 409 g/mol. The second-order valence-electron chi connectivity index (χ2n) is 7.85. The predicted molar refractivity (Wildman–Crippen MR) is 108 cm³/mol. The van der Waals surface area contributed by atoms with Crippen molar-refractivity contribution in [2.75, 3.05) is 0 Å². The highest BCUT2D eigenvalue weighted by Crippen LogP contribution is 2.56. The number of amides is 2. The summed E-state index contributed by atoms with van der Waals surface area (Å²) in [5.41, 5.74) is 2.27. The van der Waals surface area contributed by atoms with E-state index >= 15 is 0 Å². The van der Waals surface area contributed by atoms with Crippen LogP contribution in [-0.4, -0.2) is 39.5 Å². The molecule has 1 N–H and O–H groups in total. The van der Waals surface area contributed by atoms with Crippen LogP contribution in [0.2, 0.25) is 0 Å². The van der Waals surface area contributed by atoms with Crippen LogP contribution in [0.15, 0.2) is 54.6 Å². The van der Waals surface area contributed by atoms with Gasteiger partial charge in [0.25, 0.3) is 5.91 Å². The van der Waals surface area contributed by atoms with E-state index in [1.165, 1.54) is 0 Å². The Morgan fingerprint density at radius 1 is 1.14 bits per heavy atom. The number of hydrogen-bond acceptors (Lipinski definition) is 5. The van der Waals surface area contributed by atoms with E-state index in [1.54, 1.807) is 40.9 Å². The molecular formula is C22H21N2O4S-. The SMILES string of the molecule is CC1(C)S[C@H]2c3ccccc3C(=O)N2[C@@H]1C(=O)N[C@@H](Cc1ccccc1)C(=O)[O-]. The zero-order chi connectivity index (χ0) is 20.8. The average molecular weight is 409 g/mol. The van der Waals surface area contributed by atoms with Crippen LogP contribution in [-0.2, 0) is 16.0 Å². The molecule has 2 amide bonds. The minimum atomic E-state index is -1.35. The Labute approximate surface area is 173 Å². The van der Waals surface area contributed by atoms with Crippen molar-refractivity contribution in [3.05, 3.63) is 71.3 Å². The molecule has 6 nitrogen and oxygen atoms in total. The predicted octanol–water partition coefficient (Wildman–Crippen LogP) is 1.51. The number of carboxylic acids is 1. The number of rotatable bonds is 5. The highest BCUT2D eigenvalue weighted by Gasteiger charge is 2.57. The van der Waals surface area contributed by atoms with E-state index in [4.69, 9.17) is 0 Å². The number of hydrogen-bond donors (Lipinski definition) is 1. The van der Waals surface area contributed by atoms with Crippen molar-refractivity contribution in [1.29, 1.82) is 0 Å². The first-order valence-corrected chi connectivity index (χ1v) is 10.3. The van der Waals surface area contributed by atoms with Gasteiger partial charge in [-0.3, -0.25) is 9.59 Å². The van der Waals surface area contributed by atoms with Gasteiger partial charge in [0, 0.05) is 10.3 Å². The Kier molecular flexibility index (Phi) is 4.86. The van der Waals surface area contributed by atoms with Crippen molar-refractivity contribution in [2.24, 2.45) is 0 Å². The lowest BCUT2D eigenvalue weighted by Crippen LogP contribution is -2.58. The molecule has 1 saturated heterocycles. The lowest BCUT2D eigenvalue weighted by molar-refractivity contribution is -0.308. The molecule has 1 fully saturated rings. The molecular weight excluding hydrogens is 388 g/mol. The molecule has 0 unspecified atom stereocenters. The van der Waals surface area contributed by atoms with Gasteiger partial charge in [-0.2, -0.15) is 0 Å². The summed E-state index contributed by atoms with van der Waals surface area (Å²) in [4.78, 5) is 39.4. The summed E-state index contributed by atoms with van der Waals surface area (Å²) in [6, 6.07) is 14.4. The second-order valence-corrected chi connectivity index (χ2v) is 9.58. The van der Waals surface area contributed by atoms with Gasteiger partial charge in [0.05, 0.1) is 12.0 Å². The van der Waals surface area contributed by atoms with Crippen LogP contribution in [0.25, 0.3) is 0 Å². The largest absolute Gasteiger partial charge is 0.548 e. The van der Waals surface area contributed by atoms with Gasteiger partial charge >= 0.3 is 0 Å². The van der Waals surface area contributed by atoms with Crippen LogP contribution in [0.1, 0.15) is 40.7 Å². The van der Waals surface area contributed by atoms with Crippen molar-refractivity contribution in [1.82, 2.24) is 10.2 Å². The number of fused-ring (bicyclic) bond motifs is 3. The minimum Gasteiger partial charge on any atom is -0.548 e. The van der Waals surface area contributed by atoms with Crippen LogP contribution in [0.4, 0.5) is 0 Å². The number of nitrogens with zero attached hydrogens (tertiary/aromatic N) is 1. The molecule has 0 aliphatic carbocycles. The smallest absolute Gasteiger partial charge is 0.256 e. The number of nitrogens with one attached hydrogen (secondary N) is 1. The number of aliphatic carboxylic acids is 1. The Morgan fingerprint density at radius 3 is 2.48 bits per heavy atom. The molecule has 2 aromatic carbocycles. The lowest BCUT2D eigenvalue weighted by Gasteiger charge is -2.31. The highest BCUT2D eigenvalue weighted by molar-refractivity contribution is 8.01. The molecule has 0 aromatic heterocycles. The highest BCUT2D eigenvalue weighted by atomic mass is 32.2. The van der Waals surface area contributed by atoms with Crippen LogP contribution in [0.3, 0.4) is 0 Å². The van der Waals surface area contributed by atoms with Gasteiger partial charge in [-0.25, -0.2) is 0 Å². The van der Waals surface area contributed by atoms with E-state index in [0.29, 0.717) is 5.56 Å². The molecule has 2 aromatic rings. The molecule has 0 radical (unpaired) electrons. The van der Waals surface area contributed by atoms with E-state index in [2.05, 4.69) is 5.32 Å². The molecule has 0 saturated carbocycles. The zero-order valence-corrected chi connectivity index (χ0v) is 16.9. The fourth-order valence-electron chi connectivity index (χ4n) is 4.10. The maximum atomic E-state index is 13.2. The van der Waals surface area contributed by atoms with Gasteiger partial charge in [0.2, 0.25) is 5.91 Å². The third-order valence-corrected chi connectivity index (χ3v) is 6.96. The van der Waals surface area contributed by atoms with Crippen molar-refractivity contribution in [2.45, 2.75) is 42.5 Å². The summed E-state index contributed by atoms with van der Waals surface area (Å²) < 4.78 is -0.568. The van der Waals surface area contributed by atoms with E-state index in [-0.39, 0.29) is 17.7 Å². The normalized spacial score (nSPS) is 22.7. The molecule has 0 bridgehead atoms. The molecule has 2 heterocycles. The van der Waals surface area contributed by atoms with Gasteiger partial charge in [-0.05, 0) is 37.5 Å². The average Bonchev–Trinajstić information content (AvgIpc) is 3.12. The van der Waals surface area contributed by atoms with E-state index < -0.39 is 28.7 Å². The van der Waals surface area contributed by atoms with E-state index in [0.717, 1.165) is 11.1 Å². The zero-order valence-electron chi connectivity index (χ0n) is 16.1. The van der Waals surface area contributed by atoms with Gasteiger partial charge in [0.1, 0.15) is 11.4 Å². The number of carboxylic acid groups (broad SMARTS) is 1. The van der Waals surface area contributed by atoms with Crippen LogP contribution in [0, 0.1) is 0 Å². The summed E-state index contributed by atoms with van der Waals surface area (Å²) in [5, 5.41) is 14.0. The lowest BCUT2D eigenvalue weighted by atomic mass is 9.99. The van der Waals surface area contributed by atoms with Gasteiger partial charge in [-0.15, -0.1) is 11.8 Å². The summed E-state index contributed by atoms with van der Waals surface area (Å²) in [6.07, 6.45) is 0.118. The Balaban J connectivity index is 1.59. The fourth-order valence-corrected chi connectivity index (χ4v) is 5.69. The molecule has 0 spiro atoms. The van der Waals surface area contributed by atoms with Crippen molar-refractivity contribution < 1.29 is 19.5 Å². The molecule has 150 valence electrons. The molecule has 2 aliphatic heterocycles. The molecule has 7 heteroatoms. The third kappa shape index (κ3) is 3.40.